The van der Waals surface area contributed by atoms with Gasteiger partial charge in [-0.15, -0.1) is 0 Å². The second-order valence-electron chi connectivity index (χ2n) is 3.61. The molecule has 0 saturated carbocycles. The van der Waals surface area contributed by atoms with E-state index >= 15 is 0 Å². The normalized spacial score (nSPS) is 13.8. The van der Waals surface area contributed by atoms with Crippen LogP contribution in [0.4, 0.5) is 4.39 Å². The van der Waals surface area contributed by atoms with Crippen LogP contribution < -0.4 is 0 Å². The lowest BCUT2D eigenvalue weighted by Gasteiger charge is -2.10. The molecule has 0 amide bonds. The molecule has 3 nitrogen and oxygen atoms in total. The summed E-state index contributed by atoms with van der Waals surface area (Å²) < 4.78 is 35.0. The first-order valence-corrected chi connectivity index (χ1v) is 7.45. The third-order valence-electron chi connectivity index (χ3n) is 2.09. The van der Waals surface area contributed by atoms with Crippen LogP contribution in [0, 0.1) is 5.82 Å². The Morgan fingerprint density at radius 2 is 2.12 bits per heavy atom. The molecule has 90 valence electrons. The SMILES string of the molecule is CS(=O)(=O)CCC(O)c1ccc(F)c(Br)c1. The van der Waals surface area contributed by atoms with Crippen LogP contribution in [-0.4, -0.2) is 25.5 Å². The molecule has 0 aromatic heterocycles. The third kappa shape index (κ3) is 4.19. The van der Waals surface area contributed by atoms with Crippen LogP contribution in [0.15, 0.2) is 22.7 Å². The summed E-state index contributed by atoms with van der Waals surface area (Å²) in [7, 11) is -3.09. The first-order valence-electron chi connectivity index (χ1n) is 4.60. The number of aliphatic hydroxyl groups is 1. The summed E-state index contributed by atoms with van der Waals surface area (Å²) in [6.45, 7) is 0. The van der Waals surface area contributed by atoms with Gasteiger partial charge in [-0.05, 0) is 40.0 Å². The van der Waals surface area contributed by atoms with Gasteiger partial charge in [0, 0.05) is 6.26 Å². The Kier molecular flexibility index (Phi) is 4.46. The van der Waals surface area contributed by atoms with Crippen LogP contribution in [-0.2, 0) is 9.84 Å². The van der Waals surface area contributed by atoms with E-state index in [-0.39, 0.29) is 16.6 Å². The highest BCUT2D eigenvalue weighted by atomic mass is 79.9. The van der Waals surface area contributed by atoms with Gasteiger partial charge in [-0.1, -0.05) is 6.07 Å². The fraction of sp³-hybridized carbons (Fsp3) is 0.400. The zero-order valence-corrected chi connectivity index (χ0v) is 11.1. The molecular weight excluding hydrogens is 299 g/mol. The molecule has 6 heteroatoms. The summed E-state index contributed by atoms with van der Waals surface area (Å²) in [6, 6.07) is 4.11. The molecule has 1 N–H and O–H groups in total. The first kappa shape index (κ1) is 13.6. The van der Waals surface area contributed by atoms with Gasteiger partial charge in [0.15, 0.2) is 0 Å². The molecule has 16 heavy (non-hydrogen) atoms. The molecule has 0 saturated heterocycles. The molecule has 0 bridgehead atoms. The van der Waals surface area contributed by atoms with Crippen LogP contribution in [0.25, 0.3) is 0 Å². The predicted molar refractivity (Wildman–Crippen MR) is 63.4 cm³/mol. The van der Waals surface area contributed by atoms with Gasteiger partial charge in [0.05, 0.1) is 16.3 Å². The number of hydrogen-bond donors (Lipinski definition) is 1. The van der Waals surface area contributed by atoms with E-state index in [1.54, 1.807) is 0 Å². The van der Waals surface area contributed by atoms with E-state index in [0.717, 1.165) is 6.26 Å². The van der Waals surface area contributed by atoms with Gasteiger partial charge in [0.2, 0.25) is 0 Å². The van der Waals surface area contributed by atoms with Crippen molar-refractivity contribution < 1.29 is 17.9 Å². The van der Waals surface area contributed by atoms with E-state index in [2.05, 4.69) is 15.9 Å². The molecule has 1 aromatic rings. The van der Waals surface area contributed by atoms with Gasteiger partial charge >= 0.3 is 0 Å². The maximum atomic E-state index is 12.9. The highest BCUT2D eigenvalue weighted by Gasteiger charge is 2.12. The predicted octanol–water partition coefficient (Wildman–Crippen LogP) is 2.06. The van der Waals surface area contributed by atoms with Gasteiger partial charge < -0.3 is 5.11 Å². The first-order chi connectivity index (χ1) is 7.29. The van der Waals surface area contributed by atoms with Gasteiger partial charge in [-0.3, -0.25) is 0 Å². The van der Waals surface area contributed by atoms with Crippen molar-refractivity contribution >= 4 is 25.8 Å². The van der Waals surface area contributed by atoms with Crippen LogP contribution in [0.3, 0.4) is 0 Å². The monoisotopic (exact) mass is 310 g/mol. The zero-order chi connectivity index (χ0) is 12.3. The van der Waals surface area contributed by atoms with Crippen molar-refractivity contribution in [3.63, 3.8) is 0 Å². The Hall–Kier alpha value is -0.460. The van der Waals surface area contributed by atoms with Gasteiger partial charge in [-0.25, -0.2) is 12.8 Å². The molecule has 0 heterocycles. The van der Waals surface area contributed by atoms with E-state index in [4.69, 9.17) is 0 Å². The maximum absolute atomic E-state index is 12.9. The third-order valence-corrected chi connectivity index (χ3v) is 3.68. The lowest BCUT2D eigenvalue weighted by Crippen LogP contribution is -2.08. The molecule has 0 aliphatic rings. The van der Waals surface area contributed by atoms with E-state index in [1.165, 1.54) is 18.2 Å². The Labute approximate surface area is 102 Å². The summed E-state index contributed by atoms with van der Waals surface area (Å²) in [6.07, 6.45) is 0.323. The molecule has 0 aliphatic heterocycles. The Morgan fingerprint density at radius 1 is 1.50 bits per heavy atom. The number of halogens is 2. The van der Waals surface area contributed by atoms with Gasteiger partial charge in [0.25, 0.3) is 0 Å². The number of benzene rings is 1. The fourth-order valence-electron chi connectivity index (χ4n) is 1.21. The summed E-state index contributed by atoms with van der Waals surface area (Å²) in [4.78, 5) is 0. The smallest absolute Gasteiger partial charge is 0.147 e. The van der Waals surface area contributed by atoms with E-state index in [1.807, 2.05) is 0 Å². The van der Waals surface area contributed by atoms with Crippen LogP contribution in [0.5, 0.6) is 0 Å². The largest absolute Gasteiger partial charge is 0.388 e. The standard InChI is InChI=1S/C10H12BrFO3S/c1-16(14,15)5-4-10(13)7-2-3-9(12)8(11)6-7/h2-3,6,10,13H,4-5H2,1H3. The minimum Gasteiger partial charge on any atom is -0.388 e. The van der Waals surface area contributed by atoms with Crippen molar-refractivity contribution in [1.29, 1.82) is 0 Å². The Morgan fingerprint density at radius 3 is 2.62 bits per heavy atom. The molecule has 1 unspecified atom stereocenters. The number of aliphatic hydroxyl groups excluding tert-OH is 1. The summed E-state index contributed by atoms with van der Waals surface area (Å²) in [5, 5.41) is 9.69. The highest BCUT2D eigenvalue weighted by molar-refractivity contribution is 9.10. The molecular formula is C10H12BrFO3S. The molecule has 1 rings (SSSR count). The fourth-order valence-corrected chi connectivity index (χ4v) is 2.26. The molecule has 0 spiro atoms. The highest BCUT2D eigenvalue weighted by Crippen LogP contribution is 2.23. The second kappa shape index (κ2) is 5.25. The number of sulfone groups is 1. The lowest BCUT2D eigenvalue weighted by atomic mass is 10.1. The molecule has 0 radical (unpaired) electrons. The van der Waals surface area contributed by atoms with Crippen molar-refractivity contribution in [3.05, 3.63) is 34.1 Å². The van der Waals surface area contributed by atoms with E-state index < -0.39 is 21.8 Å². The van der Waals surface area contributed by atoms with Crippen molar-refractivity contribution in [3.8, 4) is 0 Å². The van der Waals surface area contributed by atoms with Crippen molar-refractivity contribution in [2.24, 2.45) is 0 Å². The summed E-state index contributed by atoms with van der Waals surface area (Å²) in [5.41, 5.74) is 0.497. The van der Waals surface area contributed by atoms with Crippen molar-refractivity contribution in [2.75, 3.05) is 12.0 Å². The maximum Gasteiger partial charge on any atom is 0.147 e. The van der Waals surface area contributed by atoms with Crippen LogP contribution >= 0.6 is 15.9 Å². The van der Waals surface area contributed by atoms with Crippen LogP contribution in [0.2, 0.25) is 0 Å². The minimum atomic E-state index is -3.09. The van der Waals surface area contributed by atoms with Crippen molar-refractivity contribution in [1.82, 2.24) is 0 Å². The topological polar surface area (TPSA) is 54.4 Å². The quantitative estimate of drug-likeness (QED) is 0.926. The average molecular weight is 311 g/mol. The molecule has 0 aliphatic carbocycles. The molecule has 0 fully saturated rings. The van der Waals surface area contributed by atoms with Crippen molar-refractivity contribution in [2.45, 2.75) is 12.5 Å². The number of hydrogen-bond acceptors (Lipinski definition) is 3. The second-order valence-corrected chi connectivity index (χ2v) is 6.72. The lowest BCUT2D eigenvalue weighted by molar-refractivity contribution is 0.174. The zero-order valence-electron chi connectivity index (χ0n) is 8.65. The Bertz CT molecular complexity index is 473. The average Bonchev–Trinajstić information content (AvgIpc) is 2.17. The summed E-state index contributed by atoms with van der Waals surface area (Å²) in [5.74, 6) is -0.512. The van der Waals surface area contributed by atoms with Crippen LogP contribution in [0.1, 0.15) is 18.1 Å². The van der Waals surface area contributed by atoms with Gasteiger partial charge in [0.1, 0.15) is 15.7 Å². The number of rotatable bonds is 4. The summed E-state index contributed by atoms with van der Waals surface area (Å²) >= 11 is 3.00. The minimum absolute atomic E-state index is 0.0941. The van der Waals surface area contributed by atoms with E-state index in [0.29, 0.717) is 5.56 Å². The van der Waals surface area contributed by atoms with Gasteiger partial charge in [-0.2, -0.15) is 0 Å². The Balaban J connectivity index is 2.73. The van der Waals surface area contributed by atoms with E-state index in [9.17, 15) is 17.9 Å². The molecule has 1 atom stereocenters. The molecule has 1 aromatic carbocycles.